The third kappa shape index (κ3) is 1.55. The highest BCUT2D eigenvalue weighted by atomic mass is 127. The van der Waals surface area contributed by atoms with Crippen molar-refractivity contribution in [3.63, 3.8) is 0 Å². The molecule has 0 fully saturated rings. The van der Waals surface area contributed by atoms with E-state index in [4.69, 9.17) is 17.3 Å². The van der Waals surface area contributed by atoms with Gasteiger partial charge >= 0.3 is 0 Å². The first-order chi connectivity index (χ1) is 4.75. The predicted molar refractivity (Wildman–Crippen MR) is 53.1 cm³/mol. The molecule has 1 nitrogen and oxygen atoms in total. The van der Waals surface area contributed by atoms with Crippen LogP contribution in [0.2, 0.25) is 0 Å². The van der Waals surface area contributed by atoms with Gasteiger partial charge in [0.1, 0.15) is 0 Å². The lowest BCUT2D eigenvalue weighted by Crippen LogP contribution is -1.92. The van der Waals surface area contributed by atoms with E-state index < -0.39 is 0 Å². The number of nitrogen functional groups attached to an aromatic ring is 1. The molecule has 0 heterocycles. The first-order valence-electron chi connectivity index (χ1n) is 2.84. The fourth-order valence-electron chi connectivity index (χ4n) is 0.703. The van der Waals surface area contributed by atoms with Crippen LogP contribution in [-0.4, -0.2) is 0 Å². The number of nitrogens with two attached hydrogens (primary N) is 1. The van der Waals surface area contributed by atoms with E-state index in [1.165, 1.54) is 0 Å². The Kier molecular flexibility index (Phi) is 2.80. The Morgan fingerprint density at radius 2 is 2.20 bits per heavy atom. The summed E-state index contributed by atoms with van der Waals surface area (Å²) in [5, 5.41) is 0. The zero-order valence-corrected chi connectivity index (χ0v) is 8.19. The van der Waals surface area contributed by atoms with Gasteiger partial charge in [-0.25, -0.2) is 0 Å². The highest BCUT2D eigenvalue weighted by Gasteiger charge is 1.99. The first-order valence-corrected chi connectivity index (χ1v) is 4.46. The molecule has 0 aliphatic carbocycles. The van der Waals surface area contributed by atoms with Crippen molar-refractivity contribution in [2.45, 2.75) is 5.88 Å². The molecule has 54 valence electrons. The minimum atomic E-state index is 0.531. The summed E-state index contributed by atoms with van der Waals surface area (Å²) in [6, 6.07) is 5.76. The highest BCUT2D eigenvalue weighted by molar-refractivity contribution is 14.1. The third-order valence-corrected chi connectivity index (χ3v) is 2.86. The molecule has 2 N–H and O–H groups in total. The summed E-state index contributed by atoms with van der Waals surface area (Å²) in [6.07, 6.45) is 0. The van der Waals surface area contributed by atoms with Crippen LogP contribution in [-0.2, 0) is 5.88 Å². The van der Waals surface area contributed by atoms with Crippen LogP contribution >= 0.6 is 34.2 Å². The molecule has 0 spiro atoms. The van der Waals surface area contributed by atoms with Crippen LogP contribution in [0.1, 0.15) is 5.56 Å². The molecule has 1 rings (SSSR count). The van der Waals surface area contributed by atoms with Crippen molar-refractivity contribution in [2.75, 3.05) is 5.73 Å². The lowest BCUT2D eigenvalue weighted by atomic mass is 10.2. The molecule has 0 atom stereocenters. The van der Waals surface area contributed by atoms with Crippen LogP contribution in [0, 0.1) is 3.57 Å². The number of halogens is 2. The van der Waals surface area contributed by atoms with Gasteiger partial charge in [0, 0.05) is 15.1 Å². The Morgan fingerprint density at radius 1 is 1.50 bits per heavy atom. The van der Waals surface area contributed by atoms with Gasteiger partial charge in [-0.3, -0.25) is 0 Å². The van der Waals surface area contributed by atoms with Crippen molar-refractivity contribution in [1.82, 2.24) is 0 Å². The maximum Gasteiger partial charge on any atom is 0.0485 e. The normalized spacial score (nSPS) is 9.80. The molecule has 0 bridgehead atoms. The van der Waals surface area contributed by atoms with Gasteiger partial charge in [0.25, 0.3) is 0 Å². The molecule has 1 aromatic carbocycles. The van der Waals surface area contributed by atoms with E-state index in [1.807, 2.05) is 18.2 Å². The van der Waals surface area contributed by atoms with E-state index in [0.29, 0.717) is 5.88 Å². The molecule has 3 heteroatoms. The smallest absolute Gasteiger partial charge is 0.0485 e. The zero-order valence-electron chi connectivity index (χ0n) is 5.27. The molecule has 0 aromatic heterocycles. The average Bonchev–Trinajstić information content (AvgIpc) is 1.95. The second-order valence-corrected chi connectivity index (χ2v) is 3.30. The van der Waals surface area contributed by atoms with Crippen molar-refractivity contribution < 1.29 is 0 Å². The Balaban J connectivity index is 3.14. The lowest BCUT2D eigenvalue weighted by molar-refractivity contribution is 1.37. The van der Waals surface area contributed by atoms with Gasteiger partial charge in [0.2, 0.25) is 0 Å². The monoisotopic (exact) mass is 267 g/mol. The topological polar surface area (TPSA) is 26.0 Å². The summed E-state index contributed by atoms with van der Waals surface area (Å²) in [5.74, 6) is 0.531. The van der Waals surface area contributed by atoms with Crippen LogP contribution < -0.4 is 5.73 Å². The Labute approximate surface area is 78.7 Å². The number of alkyl halides is 1. The van der Waals surface area contributed by atoms with Gasteiger partial charge in [-0.05, 0) is 34.2 Å². The molecular formula is C7H7ClIN. The molecule has 0 aliphatic rings. The molecule has 0 aliphatic heterocycles. The summed E-state index contributed by atoms with van der Waals surface area (Å²) >= 11 is 7.84. The van der Waals surface area contributed by atoms with Crippen molar-refractivity contribution in [3.8, 4) is 0 Å². The molecule has 10 heavy (non-hydrogen) atoms. The van der Waals surface area contributed by atoms with E-state index >= 15 is 0 Å². The number of rotatable bonds is 1. The minimum absolute atomic E-state index is 0.531. The van der Waals surface area contributed by atoms with E-state index in [1.54, 1.807) is 0 Å². The van der Waals surface area contributed by atoms with E-state index in [0.717, 1.165) is 14.8 Å². The SMILES string of the molecule is Nc1cccc(CCl)c1I. The van der Waals surface area contributed by atoms with Crippen molar-refractivity contribution in [1.29, 1.82) is 0 Å². The van der Waals surface area contributed by atoms with Crippen molar-refractivity contribution in [3.05, 3.63) is 27.3 Å². The van der Waals surface area contributed by atoms with Gasteiger partial charge in [-0.1, -0.05) is 12.1 Å². The van der Waals surface area contributed by atoms with Crippen molar-refractivity contribution >= 4 is 39.9 Å². The molecule has 0 saturated heterocycles. The second-order valence-electron chi connectivity index (χ2n) is 1.95. The number of benzene rings is 1. The van der Waals surface area contributed by atoms with Crippen molar-refractivity contribution in [2.24, 2.45) is 0 Å². The van der Waals surface area contributed by atoms with Gasteiger partial charge < -0.3 is 5.73 Å². The zero-order chi connectivity index (χ0) is 7.56. The van der Waals surface area contributed by atoms with Gasteiger partial charge in [-0.15, -0.1) is 11.6 Å². The summed E-state index contributed by atoms with van der Waals surface area (Å²) < 4.78 is 1.06. The molecular weight excluding hydrogens is 260 g/mol. The number of hydrogen-bond acceptors (Lipinski definition) is 1. The van der Waals surface area contributed by atoms with Gasteiger partial charge in [0.05, 0.1) is 0 Å². The summed E-state index contributed by atoms with van der Waals surface area (Å²) in [5.41, 5.74) is 7.53. The Morgan fingerprint density at radius 3 is 2.70 bits per heavy atom. The minimum Gasteiger partial charge on any atom is -0.398 e. The fraction of sp³-hybridized carbons (Fsp3) is 0.143. The quantitative estimate of drug-likeness (QED) is 0.472. The third-order valence-electron chi connectivity index (χ3n) is 1.25. The van der Waals surface area contributed by atoms with Crippen LogP contribution in [0.5, 0.6) is 0 Å². The first kappa shape index (κ1) is 8.14. The standard InChI is InChI=1S/C7H7ClIN/c8-4-5-2-1-3-6(10)7(5)9/h1-3H,4,10H2. The van der Waals surface area contributed by atoms with Gasteiger partial charge in [0.15, 0.2) is 0 Å². The van der Waals surface area contributed by atoms with Crippen LogP contribution in [0.25, 0.3) is 0 Å². The Bertz CT molecular complexity index is 237. The molecule has 0 saturated carbocycles. The molecule has 1 aromatic rings. The largest absolute Gasteiger partial charge is 0.398 e. The second kappa shape index (κ2) is 3.44. The summed E-state index contributed by atoms with van der Waals surface area (Å²) in [6.45, 7) is 0. The maximum absolute atomic E-state index is 5.64. The van der Waals surface area contributed by atoms with E-state index in [-0.39, 0.29) is 0 Å². The molecule has 0 unspecified atom stereocenters. The summed E-state index contributed by atoms with van der Waals surface area (Å²) in [4.78, 5) is 0. The van der Waals surface area contributed by atoms with E-state index in [9.17, 15) is 0 Å². The van der Waals surface area contributed by atoms with Crippen LogP contribution in [0.4, 0.5) is 5.69 Å². The van der Waals surface area contributed by atoms with Gasteiger partial charge in [-0.2, -0.15) is 0 Å². The summed E-state index contributed by atoms with van der Waals surface area (Å²) in [7, 11) is 0. The number of anilines is 1. The lowest BCUT2D eigenvalue weighted by Gasteiger charge is -2.01. The fourth-order valence-corrected chi connectivity index (χ4v) is 1.70. The maximum atomic E-state index is 5.64. The van der Waals surface area contributed by atoms with E-state index in [2.05, 4.69) is 22.6 Å². The molecule has 0 amide bonds. The highest BCUT2D eigenvalue weighted by Crippen LogP contribution is 2.20. The number of hydrogen-bond donors (Lipinski definition) is 1. The van der Waals surface area contributed by atoms with Crippen LogP contribution in [0.3, 0.4) is 0 Å². The molecule has 0 radical (unpaired) electrons. The average molecular weight is 267 g/mol. The predicted octanol–water partition coefficient (Wildman–Crippen LogP) is 2.61. The van der Waals surface area contributed by atoms with Crippen LogP contribution in [0.15, 0.2) is 18.2 Å². The Hall–Kier alpha value is 0.0400.